The molecule has 2 rings (SSSR count). The third-order valence-electron chi connectivity index (χ3n) is 3.15. The summed E-state index contributed by atoms with van der Waals surface area (Å²) < 4.78 is 5.73. The van der Waals surface area contributed by atoms with E-state index in [0.717, 1.165) is 0 Å². The van der Waals surface area contributed by atoms with Gasteiger partial charge in [0.2, 0.25) is 0 Å². The smallest absolute Gasteiger partial charge is 0.266 e. The van der Waals surface area contributed by atoms with Crippen molar-refractivity contribution in [3.05, 3.63) is 29.3 Å². The van der Waals surface area contributed by atoms with Crippen molar-refractivity contribution in [1.29, 1.82) is 0 Å². The first-order valence-corrected chi connectivity index (χ1v) is 6.68. The number of amides is 1. The van der Waals surface area contributed by atoms with E-state index in [1.807, 2.05) is 0 Å². The van der Waals surface area contributed by atoms with Crippen LogP contribution in [0.3, 0.4) is 0 Å². The predicted molar refractivity (Wildman–Crippen MR) is 73.4 cm³/mol. The zero-order valence-corrected chi connectivity index (χ0v) is 11.9. The van der Waals surface area contributed by atoms with Crippen molar-refractivity contribution >= 4 is 17.5 Å². The topological polar surface area (TPSA) is 49.8 Å². The summed E-state index contributed by atoms with van der Waals surface area (Å²) in [7, 11) is 0. The van der Waals surface area contributed by atoms with E-state index < -0.39 is 11.7 Å². The van der Waals surface area contributed by atoms with Gasteiger partial charge in [-0.2, -0.15) is 0 Å². The van der Waals surface area contributed by atoms with Crippen LogP contribution in [0.15, 0.2) is 24.3 Å². The van der Waals surface area contributed by atoms with Gasteiger partial charge in [0.15, 0.2) is 5.60 Å². The number of halogens is 1. The third-order valence-corrected chi connectivity index (χ3v) is 3.40. The molecule has 4 nitrogen and oxygen atoms in total. The average molecular weight is 284 g/mol. The molecule has 1 saturated heterocycles. The fourth-order valence-electron chi connectivity index (χ4n) is 2.15. The zero-order valence-electron chi connectivity index (χ0n) is 11.1. The molecular formula is C14H18ClNO3. The second-order valence-corrected chi connectivity index (χ2v) is 5.70. The summed E-state index contributed by atoms with van der Waals surface area (Å²) in [6.07, 6.45) is 0.207. The lowest BCUT2D eigenvalue weighted by Gasteiger charge is -2.29. The number of carbonyl (C=O) groups excluding carboxylic acids is 1. The highest BCUT2D eigenvalue weighted by Gasteiger charge is 2.37. The van der Waals surface area contributed by atoms with Crippen molar-refractivity contribution in [3.8, 4) is 5.75 Å². The maximum atomic E-state index is 12.3. The van der Waals surface area contributed by atoms with Gasteiger partial charge in [-0.1, -0.05) is 11.6 Å². The average Bonchev–Trinajstić information content (AvgIpc) is 2.77. The van der Waals surface area contributed by atoms with Gasteiger partial charge in [-0.3, -0.25) is 4.79 Å². The first kappa shape index (κ1) is 14.2. The van der Waals surface area contributed by atoms with Gasteiger partial charge in [-0.25, -0.2) is 0 Å². The molecule has 104 valence electrons. The van der Waals surface area contributed by atoms with Crippen LogP contribution in [0.2, 0.25) is 5.02 Å². The number of likely N-dealkylation sites (tertiary alicyclic amines) is 1. The number of carbonyl (C=O) groups is 1. The standard InChI is InChI=1S/C14H18ClNO3/c1-14(2,13(18)16-8-7-11(17)9-16)19-12-5-3-10(15)4-6-12/h3-6,11,17H,7-9H2,1-2H3. The van der Waals surface area contributed by atoms with Crippen LogP contribution in [0.4, 0.5) is 0 Å². The van der Waals surface area contributed by atoms with Crippen LogP contribution in [-0.2, 0) is 4.79 Å². The predicted octanol–water partition coefficient (Wildman–Crippen LogP) is 2.09. The molecule has 0 spiro atoms. The van der Waals surface area contributed by atoms with Crippen molar-refractivity contribution in [2.45, 2.75) is 32.0 Å². The quantitative estimate of drug-likeness (QED) is 0.924. The van der Waals surface area contributed by atoms with Crippen molar-refractivity contribution in [1.82, 2.24) is 4.90 Å². The molecule has 5 heteroatoms. The van der Waals surface area contributed by atoms with Gasteiger partial charge >= 0.3 is 0 Å². The number of hydrogen-bond acceptors (Lipinski definition) is 3. The molecule has 0 bridgehead atoms. The number of nitrogens with zero attached hydrogens (tertiary/aromatic N) is 1. The van der Waals surface area contributed by atoms with Crippen LogP contribution < -0.4 is 4.74 Å². The van der Waals surface area contributed by atoms with E-state index in [1.165, 1.54) is 0 Å². The molecule has 1 aliphatic rings. The maximum Gasteiger partial charge on any atom is 0.266 e. The number of aliphatic hydroxyl groups excluding tert-OH is 1. The van der Waals surface area contributed by atoms with E-state index in [4.69, 9.17) is 16.3 Å². The number of benzene rings is 1. The SMILES string of the molecule is CC(C)(Oc1ccc(Cl)cc1)C(=O)N1CCC(O)C1. The Kier molecular flexibility index (Phi) is 4.02. The number of aliphatic hydroxyl groups is 1. The van der Waals surface area contributed by atoms with Crippen LogP contribution in [0, 0.1) is 0 Å². The number of ether oxygens (including phenoxy) is 1. The molecule has 1 amide bonds. The Morgan fingerprint density at radius 1 is 1.42 bits per heavy atom. The summed E-state index contributed by atoms with van der Waals surface area (Å²) in [6, 6.07) is 6.90. The number of β-amino-alcohol motifs (C(OH)–C–C–N with tert-alkyl or cyclic N) is 1. The summed E-state index contributed by atoms with van der Waals surface area (Å²) in [6.45, 7) is 4.42. The van der Waals surface area contributed by atoms with Crippen LogP contribution in [0.1, 0.15) is 20.3 Å². The van der Waals surface area contributed by atoms with Crippen LogP contribution >= 0.6 is 11.6 Å². The molecule has 19 heavy (non-hydrogen) atoms. The normalized spacial score (nSPS) is 19.6. The number of rotatable bonds is 3. The van der Waals surface area contributed by atoms with Crippen molar-refractivity contribution in [3.63, 3.8) is 0 Å². The number of hydrogen-bond donors (Lipinski definition) is 1. The second-order valence-electron chi connectivity index (χ2n) is 5.26. The lowest BCUT2D eigenvalue weighted by molar-refractivity contribution is -0.144. The van der Waals surface area contributed by atoms with Crippen molar-refractivity contribution in [2.24, 2.45) is 0 Å². The minimum absolute atomic E-state index is 0.112. The molecule has 1 aromatic carbocycles. The first-order valence-electron chi connectivity index (χ1n) is 6.30. The van der Waals surface area contributed by atoms with Gasteiger partial charge in [0.1, 0.15) is 5.75 Å². The zero-order chi connectivity index (χ0) is 14.0. The van der Waals surface area contributed by atoms with E-state index >= 15 is 0 Å². The molecule has 1 unspecified atom stereocenters. The largest absolute Gasteiger partial charge is 0.478 e. The highest BCUT2D eigenvalue weighted by Crippen LogP contribution is 2.23. The highest BCUT2D eigenvalue weighted by atomic mass is 35.5. The Morgan fingerprint density at radius 3 is 2.58 bits per heavy atom. The van der Waals surface area contributed by atoms with Gasteiger partial charge in [0, 0.05) is 18.1 Å². The summed E-state index contributed by atoms with van der Waals surface area (Å²) in [5.74, 6) is 0.487. The first-order chi connectivity index (χ1) is 8.88. The Labute approximate surface area is 117 Å². The van der Waals surface area contributed by atoms with Crippen molar-refractivity contribution < 1.29 is 14.6 Å². The molecule has 1 atom stereocenters. The Bertz CT molecular complexity index is 458. The maximum absolute atomic E-state index is 12.3. The van der Waals surface area contributed by atoms with E-state index in [2.05, 4.69) is 0 Å². The summed E-state index contributed by atoms with van der Waals surface area (Å²) >= 11 is 5.81. The monoisotopic (exact) mass is 283 g/mol. The molecule has 1 N–H and O–H groups in total. The Balaban J connectivity index is 2.05. The molecular weight excluding hydrogens is 266 g/mol. The summed E-state index contributed by atoms with van der Waals surface area (Å²) in [4.78, 5) is 14.0. The fraction of sp³-hybridized carbons (Fsp3) is 0.500. The molecule has 0 radical (unpaired) electrons. The highest BCUT2D eigenvalue weighted by molar-refractivity contribution is 6.30. The molecule has 1 heterocycles. The molecule has 0 aliphatic carbocycles. The molecule has 0 aromatic heterocycles. The lowest BCUT2D eigenvalue weighted by atomic mass is 10.1. The van der Waals surface area contributed by atoms with Crippen molar-refractivity contribution in [2.75, 3.05) is 13.1 Å². The Morgan fingerprint density at radius 2 is 2.05 bits per heavy atom. The van der Waals surface area contributed by atoms with Gasteiger partial charge < -0.3 is 14.7 Å². The van der Waals surface area contributed by atoms with Crippen LogP contribution in [0.25, 0.3) is 0 Å². The van der Waals surface area contributed by atoms with E-state index in [-0.39, 0.29) is 5.91 Å². The third kappa shape index (κ3) is 3.39. The van der Waals surface area contributed by atoms with Crippen LogP contribution in [0.5, 0.6) is 5.75 Å². The fourth-order valence-corrected chi connectivity index (χ4v) is 2.27. The minimum atomic E-state index is -0.960. The minimum Gasteiger partial charge on any atom is -0.478 e. The van der Waals surface area contributed by atoms with Gasteiger partial charge in [-0.15, -0.1) is 0 Å². The lowest BCUT2D eigenvalue weighted by Crippen LogP contribution is -2.48. The Hall–Kier alpha value is -1.26. The molecule has 0 saturated carbocycles. The van der Waals surface area contributed by atoms with Gasteiger partial charge in [-0.05, 0) is 44.5 Å². The molecule has 1 aliphatic heterocycles. The second kappa shape index (κ2) is 5.39. The summed E-state index contributed by atoms with van der Waals surface area (Å²) in [5, 5.41) is 10.1. The van der Waals surface area contributed by atoms with Gasteiger partial charge in [0.25, 0.3) is 5.91 Å². The van der Waals surface area contributed by atoms with Crippen LogP contribution in [-0.4, -0.2) is 40.7 Å². The summed E-state index contributed by atoms with van der Waals surface area (Å²) in [5.41, 5.74) is -0.960. The van der Waals surface area contributed by atoms with Gasteiger partial charge in [0.05, 0.1) is 6.10 Å². The van der Waals surface area contributed by atoms with E-state index in [9.17, 15) is 9.90 Å². The van der Waals surface area contributed by atoms with E-state index in [0.29, 0.717) is 30.3 Å². The molecule has 1 fully saturated rings. The molecule has 1 aromatic rings. The van der Waals surface area contributed by atoms with E-state index in [1.54, 1.807) is 43.0 Å².